The van der Waals surface area contributed by atoms with Crippen LogP contribution in [0.2, 0.25) is 5.02 Å². The molecule has 13 heteroatoms. The molecule has 1 aliphatic carbocycles. The lowest BCUT2D eigenvalue weighted by atomic mass is 10.0. The summed E-state index contributed by atoms with van der Waals surface area (Å²) in [5, 5.41) is 13.4. The van der Waals surface area contributed by atoms with Crippen LogP contribution in [0.4, 0.5) is 10.1 Å². The van der Waals surface area contributed by atoms with E-state index in [0.29, 0.717) is 22.0 Å². The first-order valence-corrected chi connectivity index (χ1v) is 14.4. The van der Waals surface area contributed by atoms with Gasteiger partial charge in [0.1, 0.15) is 22.6 Å². The number of hydrogen-bond acceptors (Lipinski definition) is 8. The van der Waals surface area contributed by atoms with E-state index < -0.39 is 22.1 Å². The number of nitrogens with zero attached hydrogens (tertiary/aromatic N) is 3. The van der Waals surface area contributed by atoms with Crippen LogP contribution in [-0.2, 0) is 10.0 Å². The van der Waals surface area contributed by atoms with Gasteiger partial charge >= 0.3 is 0 Å². The van der Waals surface area contributed by atoms with Crippen LogP contribution in [-0.4, -0.2) is 48.4 Å². The second kappa shape index (κ2) is 11.1. The van der Waals surface area contributed by atoms with E-state index in [-0.39, 0.29) is 39.0 Å². The summed E-state index contributed by atoms with van der Waals surface area (Å²) >= 11 is 5.98. The molecule has 40 heavy (non-hydrogen) atoms. The molecule has 0 amide bonds. The van der Waals surface area contributed by atoms with Crippen molar-refractivity contribution in [1.29, 1.82) is 0 Å². The first kappa shape index (κ1) is 28.0. The Morgan fingerprint density at radius 2 is 1.95 bits per heavy atom. The Labute approximate surface area is 234 Å². The third kappa shape index (κ3) is 5.27. The van der Waals surface area contributed by atoms with Gasteiger partial charge in [-0.2, -0.15) is 0 Å². The number of anilines is 1. The first-order valence-electron chi connectivity index (χ1n) is 12.5. The minimum absolute atomic E-state index is 0.00531. The molecule has 0 spiro atoms. The van der Waals surface area contributed by atoms with Crippen LogP contribution < -0.4 is 20.3 Å². The van der Waals surface area contributed by atoms with Crippen molar-refractivity contribution in [2.24, 2.45) is 5.92 Å². The van der Waals surface area contributed by atoms with Gasteiger partial charge in [-0.3, -0.25) is 19.4 Å². The summed E-state index contributed by atoms with van der Waals surface area (Å²) in [6.07, 6.45) is 4.71. The van der Waals surface area contributed by atoms with Gasteiger partial charge in [-0.15, -0.1) is 0 Å². The van der Waals surface area contributed by atoms with Crippen LogP contribution in [0.15, 0.2) is 64.7 Å². The molecule has 3 atom stereocenters. The lowest BCUT2D eigenvalue weighted by Gasteiger charge is -2.26. The largest absolute Gasteiger partial charge is 0.480 e. The lowest BCUT2D eigenvalue weighted by molar-refractivity contribution is 0.0640. The number of aliphatic hydroxyl groups excluding tert-OH is 1. The highest BCUT2D eigenvalue weighted by molar-refractivity contribution is 7.92. The molecule has 2 heterocycles. The Hall–Kier alpha value is -3.58. The molecule has 1 fully saturated rings. The number of ether oxygens (including phenoxy) is 1. The number of halogens is 2. The molecule has 5 rings (SSSR count). The average molecular weight is 588 g/mol. The Bertz CT molecular complexity index is 1750. The summed E-state index contributed by atoms with van der Waals surface area (Å²) in [7, 11) is -1.20. The maximum absolute atomic E-state index is 13.6. The van der Waals surface area contributed by atoms with Gasteiger partial charge in [0.2, 0.25) is 5.88 Å². The quantitative estimate of drug-likeness (QED) is 0.264. The zero-order chi connectivity index (χ0) is 28.6. The lowest BCUT2D eigenvalue weighted by Crippen LogP contribution is -2.38. The standard InChI is InChI=1S/C27H27ClFN5O5S/c1-30-25(35)18-4-3-5-23(18)34-14-32-21-8-6-15(10-19(21)27(34)36)16-11-22(26(39-2)31-13-16)33-40(37,38)24-9-7-17(29)12-20(24)28/h6-14,18,23,25,30,33,35H,3-5H2,1-2H3. The van der Waals surface area contributed by atoms with Gasteiger partial charge in [0.15, 0.2) is 0 Å². The predicted octanol–water partition coefficient (Wildman–Crippen LogP) is 3.94. The van der Waals surface area contributed by atoms with Crippen LogP contribution >= 0.6 is 11.6 Å². The summed E-state index contributed by atoms with van der Waals surface area (Å²) in [5.41, 5.74) is 1.39. The Balaban J connectivity index is 1.53. The highest BCUT2D eigenvalue weighted by Crippen LogP contribution is 2.37. The second-order valence-electron chi connectivity index (χ2n) is 9.55. The molecule has 4 aromatic rings. The third-order valence-corrected chi connectivity index (χ3v) is 9.03. The maximum atomic E-state index is 13.6. The first-order chi connectivity index (χ1) is 19.1. The van der Waals surface area contributed by atoms with Gasteiger partial charge in [-0.05, 0) is 61.9 Å². The molecule has 1 saturated carbocycles. The molecule has 10 nitrogen and oxygen atoms in total. The summed E-state index contributed by atoms with van der Waals surface area (Å²) < 4.78 is 48.8. The molecule has 0 bridgehead atoms. The monoisotopic (exact) mass is 587 g/mol. The smallest absolute Gasteiger partial charge is 0.263 e. The van der Waals surface area contributed by atoms with E-state index in [0.717, 1.165) is 37.5 Å². The number of methoxy groups -OCH3 is 1. The van der Waals surface area contributed by atoms with Gasteiger partial charge in [-0.1, -0.05) is 24.1 Å². The van der Waals surface area contributed by atoms with E-state index in [4.69, 9.17) is 16.3 Å². The Morgan fingerprint density at radius 3 is 2.67 bits per heavy atom. The number of aromatic nitrogens is 3. The number of pyridine rings is 1. The minimum atomic E-state index is -4.22. The molecule has 0 radical (unpaired) electrons. The van der Waals surface area contributed by atoms with Gasteiger partial charge in [0.25, 0.3) is 15.6 Å². The van der Waals surface area contributed by atoms with Crippen LogP contribution in [0.3, 0.4) is 0 Å². The van der Waals surface area contributed by atoms with E-state index in [1.807, 2.05) is 0 Å². The van der Waals surface area contributed by atoms with Crippen molar-refractivity contribution in [3.8, 4) is 17.0 Å². The van der Waals surface area contributed by atoms with Gasteiger partial charge < -0.3 is 9.84 Å². The third-order valence-electron chi connectivity index (χ3n) is 7.18. The number of fused-ring (bicyclic) bond motifs is 1. The van der Waals surface area contributed by atoms with E-state index in [1.165, 1.54) is 25.7 Å². The molecule has 0 aliphatic heterocycles. The Kier molecular flexibility index (Phi) is 7.78. The van der Waals surface area contributed by atoms with Crippen molar-refractivity contribution in [2.45, 2.75) is 36.4 Å². The number of rotatable bonds is 8. The molecule has 1 aliphatic rings. The van der Waals surface area contributed by atoms with Crippen LogP contribution in [0.5, 0.6) is 5.88 Å². The van der Waals surface area contributed by atoms with Gasteiger partial charge in [0, 0.05) is 23.7 Å². The van der Waals surface area contributed by atoms with Crippen LogP contribution in [0, 0.1) is 11.7 Å². The minimum Gasteiger partial charge on any atom is -0.480 e. The van der Waals surface area contributed by atoms with Crippen molar-refractivity contribution in [1.82, 2.24) is 19.9 Å². The molecule has 2 aromatic heterocycles. The average Bonchev–Trinajstić information content (AvgIpc) is 3.42. The fraction of sp³-hybridized carbons (Fsp3) is 0.296. The van der Waals surface area contributed by atoms with Gasteiger partial charge in [-0.25, -0.2) is 22.8 Å². The summed E-state index contributed by atoms with van der Waals surface area (Å²) in [6.45, 7) is 0. The highest BCUT2D eigenvalue weighted by Gasteiger charge is 2.34. The van der Waals surface area contributed by atoms with E-state index >= 15 is 0 Å². The normalized spacial score (nSPS) is 18.1. The summed E-state index contributed by atoms with van der Waals surface area (Å²) in [6, 6.07) is 9.43. The SMILES string of the molecule is CNC(O)C1CCCC1n1cnc2ccc(-c3cnc(OC)c(NS(=O)(=O)c4ccc(F)cc4Cl)c3)cc2c1=O. The van der Waals surface area contributed by atoms with Crippen molar-refractivity contribution >= 4 is 38.2 Å². The van der Waals surface area contributed by atoms with Crippen molar-refractivity contribution in [3.63, 3.8) is 0 Å². The summed E-state index contributed by atoms with van der Waals surface area (Å²) in [5.74, 6) is -0.788. The van der Waals surface area contributed by atoms with E-state index in [9.17, 15) is 22.7 Å². The molecule has 210 valence electrons. The number of benzene rings is 2. The molecular formula is C27H27ClFN5O5S. The highest BCUT2D eigenvalue weighted by atomic mass is 35.5. The molecule has 3 N–H and O–H groups in total. The fourth-order valence-corrected chi connectivity index (χ4v) is 6.77. The van der Waals surface area contributed by atoms with Gasteiger partial charge in [0.05, 0.1) is 29.4 Å². The molecular weight excluding hydrogens is 561 g/mol. The molecule has 3 unspecified atom stereocenters. The second-order valence-corrected chi connectivity index (χ2v) is 11.6. The Morgan fingerprint density at radius 1 is 1.15 bits per heavy atom. The predicted molar refractivity (Wildman–Crippen MR) is 149 cm³/mol. The summed E-state index contributed by atoms with van der Waals surface area (Å²) in [4.78, 5) is 22.0. The molecule has 2 aromatic carbocycles. The molecule has 0 saturated heterocycles. The number of nitrogens with one attached hydrogen (secondary N) is 2. The number of hydrogen-bond donors (Lipinski definition) is 3. The zero-order valence-electron chi connectivity index (χ0n) is 21.6. The van der Waals surface area contributed by atoms with Crippen molar-refractivity contribution in [3.05, 3.63) is 76.2 Å². The van der Waals surface area contributed by atoms with E-state index in [1.54, 1.807) is 29.8 Å². The number of sulfonamides is 1. The number of aliphatic hydroxyl groups is 1. The van der Waals surface area contributed by atoms with Crippen molar-refractivity contribution < 1.29 is 22.7 Å². The zero-order valence-corrected chi connectivity index (χ0v) is 23.2. The fourth-order valence-electron chi connectivity index (χ4n) is 5.19. The maximum Gasteiger partial charge on any atom is 0.263 e. The topological polar surface area (TPSA) is 135 Å². The van der Waals surface area contributed by atoms with Crippen LogP contribution in [0.1, 0.15) is 25.3 Å². The van der Waals surface area contributed by atoms with Crippen LogP contribution in [0.25, 0.3) is 22.0 Å². The van der Waals surface area contributed by atoms with Crippen molar-refractivity contribution in [2.75, 3.05) is 18.9 Å². The van der Waals surface area contributed by atoms with E-state index in [2.05, 4.69) is 20.0 Å².